The molecule has 0 nitrogen and oxygen atoms in total. The summed E-state index contributed by atoms with van der Waals surface area (Å²) in [5.74, 6) is 0. The summed E-state index contributed by atoms with van der Waals surface area (Å²) >= 11 is 0. The van der Waals surface area contributed by atoms with Crippen LogP contribution in [-0.4, -0.2) is 6.26 Å². The monoisotopic (exact) mass is 324 g/mol. The van der Waals surface area contributed by atoms with Crippen LogP contribution < -0.4 is 0 Å². The van der Waals surface area contributed by atoms with Crippen molar-refractivity contribution in [1.29, 1.82) is 0 Å². The second-order valence-electron chi connectivity index (χ2n) is 4.85. The molecule has 23 heavy (non-hydrogen) atoms. The second-order valence-corrected chi connectivity index (χ2v) is 8.10. The van der Waals surface area contributed by atoms with Gasteiger partial charge in [-0.15, -0.1) is 0 Å². The van der Waals surface area contributed by atoms with E-state index in [4.69, 9.17) is 0 Å². The molecule has 0 fully saturated rings. The van der Waals surface area contributed by atoms with Crippen molar-refractivity contribution in [2.45, 2.75) is 30.6 Å². The van der Waals surface area contributed by atoms with E-state index in [0.29, 0.717) is 0 Å². The number of hydrogen-bond acceptors (Lipinski definition) is 0. The van der Waals surface area contributed by atoms with Gasteiger partial charge in [0.2, 0.25) is 0 Å². The van der Waals surface area contributed by atoms with Crippen LogP contribution in [0, 0.1) is 0 Å². The van der Waals surface area contributed by atoms with Crippen LogP contribution in [0.2, 0.25) is 0 Å². The van der Waals surface area contributed by atoms with Crippen molar-refractivity contribution >= 4 is 10.0 Å². The van der Waals surface area contributed by atoms with Crippen LogP contribution in [0.4, 0.5) is 0 Å². The van der Waals surface area contributed by atoms with Crippen LogP contribution in [0.5, 0.6) is 0 Å². The standard InChI is InChI=1S/C20H22S.C2H6/c1-4-12-18(13-5-2)21(3,19-14-8-6-9-15-19)20-16-10-7-11-17-20;1-2/h4-17H,1H2,2-3H3;1-2H3/b13-5-,18-12+;. The molecule has 0 spiro atoms. The molecule has 0 aliphatic carbocycles. The molecule has 0 aliphatic rings. The minimum absolute atomic E-state index is 1.26. The minimum atomic E-state index is -1.26. The van der Waals surface area contributed by atoms with Gasteiger partial charge in [0.1, 0.15) is 0 Å². The van der Waals surface area contributed by atoms with Crippen molar-refractivity contribution < 1.29 is 0 Å². The highest BCUT2D eigenvalue weighted by atomic mass is 32.3. The van der Waals surface area contributed by atoms with E-state index < -0.39 is 10.0 Å². The Bertz CT molecular complexity index is 597. The Morgan fingerprint density at radius 2 is 1.30 bits per heavy atom. The van der Waals surface area contributed by atoms with E-state index in [2.05, 4.69) is 98.7 Å². The zero-order valence-corrected chi connectivity index (χ0v) is 15.5. The summed E-state index contributed by atoms with van der Waals surface area (Å²) in [6.07, 6.45) is 10.7. The summed E-state index contributed by atoms with van der Waals surface area (Å²) in [5.41, 5.74) is 0. The Hall–Kier alpha value is -1.99. The molecular weight excluding hydrogens is 296 g/mol. The molecule has 2 rings (SSSR count). The Kier molecular flexibility index (Phi) is 8.21. The zero-order chi connectivity index (χ0) is 17.1. The Labute approximate surface area is 143 Å². The molecule has 0 radical (unpaired) electrons. The van der Waals surface area contributed by atoms with Gasteiger partial charge in [0.05, 0.1) is 0 Å². The molecule has 0 saturated heterocycles. The summed E-state index contributed by atoms with van der Waals surface area (Å²) in [6.45, 7) is 9.95. The molecule has 1 heteroatoms. The van der Waals surface area contributed by atoms with E-state index in [0.717, 1.165) is 0 Å². The summed E-state index contributed by atoms with van der Waals surface area (Å²) in [6, 6.07) is 21.5. The van der Waals surface area contributed by atoms with Crippen molar-refractivity contribution in [3.8, 4) is 0 Å². The Morgan fingerprint density at radius 1 is 0.870 bits per heavy atom. The molecule has 0 amide bonds. The van der Waals surface area contributed by atoms with Crippen LogP contribution in [0.3, 0.4) is 0 Å². The molecule has 0 bridgehead atoms. The normalized spacial score (nSPS) is 12.4. The lowest BCUT2D eigenvalue weighted by Gasteiger charge is -2.38. The Balaban J connectivity index is 0.00000127. The van der Waals surface area contributed by atoms with Gasteiger partial charge in [-0.3, -0.25) is 0 Å². The van der Waals surface area contributed by atoms with Crippen LogP contribution in [0.15, 0.2) is 106 Å². The maximum atomic E-state index is 3.89. The van der Waals surface area contributed by atoms with Crippen molar-refractivity contribution in [2.24, 2.45) is 0 Å². The van der Waals surface area contributed by atoms with Crippen LogP contribution in [0.25, 0.3) is 0 Å². The number of allylic oxidation sites excluding steroid dienone is 4. The quantitative estimate of drug-likeness (QED) is 0.510. The topological polar surface area (TPSA) is 0 Å². The smallest absolute Gasteiger partial charge is 0.00212 e. The van der Waals surface area contributed by atoms with Crippen molar-refractivity contribution in [3.63, 3.8) is 0 Å². The Morgan fingerprint density at radius 3 is 1.65 bits per heavy atom. The predicted molar refractivity (Wildman–Crippen MR) is 107 cm³/mol. The summed E-state index contributed by atoms with van der Waals surface area (Å²) in [7, 11) is -1.26. The first kappa shape index (κ1) is 19.1. The highest BCUT2D eigenvalue weighted by molar-refractivity contribution is 8.36. The van der Waals surface area contributed by atoms with E-state index in [1.807, 2.05) is 19.9 Å². The minimum Gasteiger partial charge on any atom is -0.163 e. The van der Waals surface area contributed by atoms with Crippen LogP contribution in [-0.2, 0) is 0 Å². The van der Waals surface area contributed by atoms with Gasteiger partial charge in [-0.05, 0) is 52.1 Å². The average molecular weight is 325 g/mol. The first-order valence-electron chi connectivity index (χ1n) is 8.07. The SMILES string of the molecule is C=C/C=C(\C=C/C)S(C)(c1ccccc1)c1ccccc1.CC. The fourth-order valence-corrected chi connectivity index (χ4v) is 5.40. The molecular formula is C22H28S. The third-order valence-corrected chi connectivity index (χ3v) is 7.16. The summed E-state index contributed by atoms with van der Waals surface area (Å²) in [5, 5.41) is 0. The van der Waals surface area contributed by atoms with E-state index >= 15 is 0 Å². The van der Waals surface area contributed by atoms with Gasteiger partial charge < -0.3 is 0 Å². The maximum absolute atomic E-state index is 3.89. The molecule has 0 aliphatic heterocycles. The highest BCUT2D eigenvalue weighted by Gasteiger charge is 2.25. The van der Waals surface area contributed by atoms with E-state index in [1.165, 1.54) is 14.7 Å². The van der Waals surface area contributed by atoms with E-state index in [1.54, 1.807) is 0 Å². The largest absolute Gasteiger partial charge is 0.163 e. The first-order valence-corrected chi connectivity index (χ1v) is 10.1. The lowest BCUT2D eigenvalue weighted by molar-refractivity contribution is 1.36. The van der Waals surface area contributed by atoms with Gasteiger partial charge in [0, 0.05) is 0 Å². The lowest BCUT2D eigenvalue weighted by Crippen LogP contribution is -2.02. The number of hydrogen-bond donors (Lipinski definition) is 0. The van der Waals surface area contributed by atoms with E-state index in [9.17, 15) is 0 Å². The highest BCUT2D eigenvalue weighted by Crippen LogP contribution is 2.65. The molecule has 2 aromatic carbocycles. The van der Waals surface area contributed by atoms with Crippen molar-refractivity contribution in [2.75, 3.05) is 6.26 Å². The van der Waals surface area contributed by atoms with Crippen LogP contribution in [0.1, 0.15) is 20.8 Å². The van der Waals surface area contributed by atoms with Gasteiger partial charge in [-0.2, -0.15) is 10.0 Å². The molecule has 0 unspecified atom stereocenters. The molecule has 122 valence electrons. The number of benzene rings is 2. The zero-order valence-electron chi connectivity index (χ0n) is 14.7. The van der Waals surface area contributed by atoms with E-state index in [-0.39, 0.29) is 0 Å². The molecule has 0 atom stereocenters. The van der Waals surface area contributed by atoms with Crippen molar-refractivity contribution in [3.05, 3.63) is 96.5 Å². The predicted octanol–water partition coefficient (Wildman–Crippen LogP) is 7.21. The molecule has 2 aromatic rings. The number of rotatable bonds is 5. The first-order chi connectivity index (χ1) is 11.2. The molecule has 0 saturated carbocycles. The third-order valence-electron chi connectivity index (χ3n) is 3.51. The lowest BCUT2D eigenvalue weighted by atomic mass is 10.4. The van der Waals surface area contributed by atoms with Gasteiger partial charge >= 0.3 is 0 Å². The maximum Gasteiger partial charge on any atom is -0.00212 e. The summed E-state index contributed by atoms with van der Waals surface area (Å²) < 4.78 is 0. The fourth-order valence-electron chi connectivity index (χ4n) is 2.40. The average Bonchev–Trinajstić information content (AvgIpc) is 2.64. The third kappa shape index (κ3) is 4.49. The van der Waals surface area contributed by atoms with Gasteiger partial charge in [-0.25, -0.2) is 0 Å². The fraction of sp³-hybridized carbons (Fsp3) is 0.182. The van der Waals surface area contributed by atoms with Crippen molar-refractivity contribution in [1.82, 2.24) is 0 Å². The summed E-state index contributed by atoms with van der Waals surface area (Å²) in [4.78, 5) is 4.04. The molecule has 0 aromatic heterocycles. The molecule has 0 N–H and O–H groups in total. The van der Waals surface area contributed by atoms with Crippen LogP contribution >= 0.6 is 10.0 Å². The van der Waals surface area contributed by atoms with Gasteiger partial charge in [0.25, 0.3) is 0 Å². The molecule has 0 heterocycles. The van der Waals surface area contributed by atoms with Gasteiger partial charge in [0.15, 0.2) is 0 Å². The second kappa shape index (κ2) is 9.91. The van der Waals surface area contributed by atoms with Gasteiger partial charge in [-0.1, -0.05) is 81.1 Å².